The Morgan fingerprint density at radius 2 is 2.12 bits per heavy atom. The molecule has 2 heterocycles. The summed E-state index contributed by atoms with van der Waals surface area (Å²) in [5.41, 5.74) is 1.85. The van der Waals surface area contributed by atoms with Crippen molar-refractivity contribution < 1.29 is 14.3 Å². The highest BCUT2D eigenvalue weighted by atomic mass is 16.5. The van der Waals surface area contributed by atoms with E-state index in [4.69, 9.17) is 9.47 Å². The van der Waals surface area contributed by atoms with E-state index in [0.29, 0.717) is 31.2 Å². The van der Waals surface area contributed by atoms with Crippen LogP contribution in [0.5, 0.6) is 5.75 Å². The second kappa shape index (κ2) is 8.21. The van der Waals surface area contributed by atoms with E-state index >= 15 is 0 Å². The van der Waals surface area contributed by atoms with Crippen molar-refractivity contribution in [2.45, 2.75) is 26.4 Å². The Morgan fingerprint density at radius 1 is 1.24 bits per heavy atom. The van der Waals surface area contributed by atoms with Crippen LogP contribution in [0, 0.1) is 5.92 Å². The average molecular weight is 342 g/mol. The first-order chi connectivity index (χ1) is 12.2. The van der Waals surface area contributed by atoms with Gasteiger partial charge in [-0.3, -0.25) is 4.79 Å². The SMILES string of the molecule is CCOc1cccc(C(=O)N2Cc3cccn3C[C@H](CCOC)C2)c1. The van der Waals surface area contributed by atoms with Crippen molar-refractivity contribution in [3.05, 3.63) is 53.9 Å². The summed E-state index contributed by atoms with van der Waals surface area (Å²) in [6, 6.07) is 11.6. The van der Waals surface area contributed by atoms with Gasteiger partial charge < -0.3 is 18.9 Å². The number of methoxy groups -OCH3 is 1. The lowest BCUT2D eigenvalue weighted by atomic mass is 10.0. The fourth-order valence-corrected chi connectivity index (χ4v) is 3.37. The normalized spacial score (nSPS) is 17.0. The van der Waals surface area contributed by atoms with E-state index in [0.717, 1.165) is 25.3 Å². The van der Waals surface area contributed by atoms with Gasteiger partial charge in [0.2, 0.25) is 0 Å². The molecule has 25 heavy (non-hydrogen) atoms. The van der Waals surface area contributed by atoms with Crippen LogP contribution in [0.2, 0.25) is 0 Å². The molecule has 0 saturated heterocycles. The number of amides is 1. The Bertz CT molecular complexity index is 710. The van der Waals surface area contributed by atoms with Gasteiger partial charge in [0.25, 0.3) is 5.91 Å². The standard InChI is InChI=1S/C20H26N2O3/c1-3-25-19-8-4-6-17(12-19)20(23)22-14-16(9-11-24-2)13-21-10-5-7-18(21)15-22/h4-8,10,12,16H,3,9,11,13-15H2,1-2H3/t16-/m0/s1. The minimum Gasteiger partial charge on any atom is -0.494 e. The van der Waals surface area contributed by atoms with E-state index in [9.17, 15) is 4.79 Å². The quantitative estimate of drug-likeness (QED) is 0.810. The van der Waals surface area contributed by atoms with Gasteiger partial charge in [0.05, 0.1) is 13.2 Å². The summed E-state index contributed by atoms with van der Waals surface area (Å²) < 4.78 is 13.0. The maximum absolute atomic E-state index is 13.1. The zero-order valence-electron chi connectivity index (χ0n) is 15.0. The predicted molar refractivity (Wildman–Crippen MR) is 96.8 cm³/mol. The molecule has 1 amide bonds. The number of aromatic nitrogens is 1. The highest BCUT2D eigenvalue weighted by Crippen LogP contribution is 2.22. The maximum atomic E-state index is 13.1. The number of hydrogen-bond donors (Lipinski definition) is 0. The topological polar surface area (TPSA) is 43.7 Å². The van der Waals surface area contributed by atoms with Gasteiger partial charge in [-0.15, -0.1) is 0 Å². The van der Waals surface area contributed by atoms with Gasteiger partial charge in [0.15, 0.2) is 0 Å². The van der Waals surface area contributed by atoms with Crippen LogP contribution in [-0.2, 0) is 17.8 Å². The third-order valence-corrected chi connectivity index (χ3v) is 4.62. The highest BCUT2D eigenvalue weighted by Gasteiger charge is 2.25. The number of ether oxygens (including phenoxy) is 2. The highest BCUT2D eigenvalue weighted by molar-refractivity contribution is 5.94. The minimum absolute atomic E-state index is 0.0543. The molecule has 3 rings (SSSR count). The predicted octanol–water partition coefficient (Wildman–Crippen LogP) is 3.20. The van der Waals surface area contributed by atoms with Crippen molar-refractivity contribution in [2.24, 2.45) is 5.92 Å². The second-order valence-electron chi connectivity index (χ2n) is 6.45. The summed E-state index contributed by atoms with van der Waals surface area (Å²) in [4.78, 5) is 15.0. The minimum atomic E-state index is 0.0543. The van der Waals surface area contributed by atoms with Crippen molar-refractivity contribution in [1.82, 2.24) is 9.47 Å². The molecule has 0 radical (unpaired) electrons. The largest absolute Gasteiger partial charge is 0.494 e. The van der Waals surface area contributed by atoms with Crippen molar-refractivity contribution in [3.63, 3.8) is 0 Å². The van der Waals surface area contributed by atoms with E-state index in [2.05, 4.69) is 16.8 Å². The molecule has 5 heteroatoms. The van der Waals surface area contributed by atoms with Crippen LogP contribution in [0.3, 0.4) is 0 Å². The number of carbonyl (C=O) groups excluding carboxylic acids is 1. The molecule has 1 aliphatic heterocycles. The maximum Gasteiger partial charge on any atom is 0.254 e. The van der Waals surface area contributed by atoms with Crippen molar-refractivity contribution in [2.75, 3.05) is 26.9 Å². The Morgan fingerprint density at radius 3 is 2.92 bits per heavy atom. The van der Waals surface area contributed by atoms with E-state index in [1.807, 2.05) is 42.2 Å². The van der Waals surface area contributed by atoms with Crippen molar-refractivity contribution in [1.29, 1.82) is 0 Å². The number of benzene rings is 1. The number of rotatable bonds is 6. The molecule has 134 valence electrons. The van der Waals surface area contributed by atoms with Gasteiger partial charge >= 0.3 is 0 Å². The van der Waals surface area contributed by atoms with Gasteiger partial charge in [0, 0.05) is 44.3 Å². The van der Waals surface area contributed by atoms with Gasteiger partial charge in [0.1, 0.15) is 5.75 Å². The van der Waals surface area contributed by atoms with Gasteiger partial charge in [-0.2, -0.15) is 0 Å². The van der Waals surface area contributed by atoms with Crippen LogP contribution in [0.4, 0.5) is 0 Å². The zero-order valence-corrected chi connectivity index (χ0v) is 15.0. The summed E-state index contributed by atoms with van der Waals surface area (Å²) in [7, 11) is 1.72. The Balaban J connectivity index is 1.81. The number of nitrogens with zero attached hydrogens (tertiary/aromatic N) is 2. The molecule has 0 bridgehead atoms. The summed E-state index contributed by atoms with van der Waals surface area (Å²) >= 11 is 0. The van der Waals surface area contributed by atoms with Crippen LogP contribution >= 0.6 is 0 Å². The van der Waals surface area contributed by atoms with Crippen molar-refractivity contribution in [3.8, 4) is 5.75 Å². The fraction of sp³-hybridized carbons (Fsp3) is 0.450. The molecular formula is C20H26N2O3. The summed E-state index contributed by atoms with van der Waals surface area (Å²) in [6.07, 6.45) is 3.04. The Labute approximate surface area is 149 Å². The molecule has 0 unspecified atom stereocenters. The third kappa shape index (κ3) is 4.23. The monoisotopic (exact) mass is 342 g/mol. The Hall–Kier alpha value is -2.27. The van der Waals surface area contributed by atoms with E-state index < -0.39 is 0 Å². The van der Waals surface area contributed by atoms with Gasteiger partial charge in [-0.25, -0.2) is 0 Å². The average Bonchev–Trinajstić information content (AvgIpc) is 2.98. The molecule has 0 aliphatic carbocycles. The second-order valence-corrected chi connectivity index (χ2v) is 6.45. The first-order valence-corrected chi connectivity index (χ1v) is 8.86. The molecule has 0 N–H and O–H groups in total. The molecule has 2 aromatic rings. The lowest BCUT2D eigenvalue weighted by Crippen LogP contribution is -2.34. The van der Waals surface area contributed by atoms with Crippen LogP contribution in [-0.4, -0.2) is 42.2 Å². The van der Waals surface area contributed by atoms with Gasteiger partial charge in [-0.05, 0) is 49.6 Å². The molecule has 0 spiro atoms. The lowest BCUT2D eigenvalue weighted by Gasteiger charge is -2.24. The smallest absolute Gasteiger partial charge is 0.254 e. The molecule has 1 aliphatic rings. The molecule has 1 aromatic heterocycles. The van der Waals surface area contributed by atoms with Gasteiger partial charge in [-0.1, -0.05) is 6.07 Å². The first-order valence-electron chi connectivity index (χ1n) is 8.86. The molecule has 1 aromatic carbocycles. The fourth-order valence-electron chi connectivity index (χ4n) is 3.37. The summed E-state index contributed by atoms with van der Waals surface area (Å²) in [6.45, 7) is 5.54. The number of fused-ring (bicyclic) bond motifs is 1. The van der Waals surface area contributed by atoms with Crippen LogP contribution in [0.1, 0.15) is 29.4 Å². The lowest BCUT2D eigenvalue weighted by molar-refractivity contribution is 0.0705. The molecule has 5 nitrogen and oxygen atoms in total. The molecule has 0 saturated carbocycles. The van der Waals surface area contributed by atoms with Crippen LogP contribution in [0.25, 0.3) is 0 Å². The van der Waals surface area contributed by atoms with Crippen molar-refractivity contribution >= 4 is 5.91 Å². The van der Waals surface area contributed by atoms with E-state index in [1.165, 1.54) is 5.69 Å². The van der Waals surface area contributed by atoms with Crippen LogP contribution in [0.15, 0.2) is 42.6 Å². The number of hydrogen-bond acceptors (Lipinski definition) is 3. The Kier molecular flexibility index (Phi) is 5.76. The zero-order chi connectivity index (χ0) is 17.6. The summed E-state index contributed by atoms with van der Waals surface area (Å²) in [5, 5.41) is 0. The van der Waals surface area contributed by atoms with Crippen LogP contribution < -0.4 is 4.74 Å². The molecule has 0 fully saturated rings. The molecular weight excluding hydrogens is 316 g/mol. The molecule has 1 atom stereocenters. The summed E-state index contributed by atoms with van der Waals surface area (Å²) in [5.74, 6) is 1.17. The number of carbonyl (C=O) groups is 1. The first kappa shape index (κ1) is 17.5. The van der Waals surface area contributed by atoms with E-state index in [-0.39, 0.29) is 5.91 Å². The third-order valence-electron chi connectivity index (χ3n) is 4.62. The van der Waals surface area contributed by atoms with E-state index in [1.54, 1.807) is 7.11 Å².